The minimum atomic E-state index is 0.242. The lowest BCUT2D eigenvalue weighted by Crippen LogP contribution is -2.41. The van der Waals surface area contributed by atoms with Crippen molar-refractivity contribution >= 4 is 21.8 Å². The number of rotatable bonds is 7. The molecule has 0 bridgehead atoms. The third kappa shape index (κ3) is 4.62. The van der Waals surface area contributed by atoms with Crippen LogP contribution < -0.4 is 0 Å². The van der Waals surface area contributed by atoms with Crippen LogP contribution in [0.1, 0.15) is 43.4 Å². The van der Waals surface area contributed by atoms with E-state index in [1.54, 1.807) is 0 Å². The lowest BCUT2D eigenvalue weighted by Gasteiger charge is -2.30. The predicted molar refractivity (Wildman–Crippen MR) is 89.5 cm³/mol. The maximum Gasteiger partial charge on any atom is 0.227 e. The van der Waals surface area contributed by atoms with Gasteiger partial charge in [0.1, 0.15) is 0 Å². The lowest BCUT2D eigenvalue weighted by atomic mass is 10.0. The molecule has 1 rings (SSSR count). The molecule has 1 aromatic rings. The molecular weight excluding hydrogens is 314 g/mol. The van der Waals surface area contributed by atoms with Gasteiger partial charge < -0.3 is 4.90 Å². The normalized spacial score (nSPS) is 10.9. The molecule has 1 amide bonds. The van der Waals surface area contributed by atoms with Crippen LogP contribution in [0.4, 0.5) is 0 Å². The summed E-state index contributed by atoms with van der Waals surface area (Å²) >= 11 is 3.46. The van der Waals surface area contributed by atoms with Gasteiger partial charge in [-0.15, -0.1) is 0 Å². The first-order valence-electron chi connectivity index (χ1n) is 7.45. The number of carbonyl (C=O) groups excluding carboxylic acids is 1. The highest BCUT2D eigenvalue weighted by Gasteiger charge is 2.21. The highest BCUT2D eigenvalue weighted by molar-refractivity contribution is 9.09. The van der Waals surface area contributed by atoms with Gasteiger partial charge in [-0.3, -0.25) is 4.79 Å². The molecule has 2 nitrogen and oxygen atoms in total. The van der Waals surface area contributed by atoms with Crippen LogP contribution in [0.5, 0.6) is 0 Å². The Morgan fingerprint density at radius 1 is 1.25 bits per heavy atom. The number of hydrogen-bond donors (Lipinski definition) is 0. The average Bonchev–Trinajstić information content (AvgIpc) is 2.43. The Hall–Kier alpha value is -0.830. The van der Waals surface area contributed by atoms with Crippen molar-refractivity contribution in [2.75, 3.05) is 11.9 Å². The Bertz CT molecular complexity index is 441. The maximum absolute atomic E-state index is 12.6. The van der Waals surface area contributed by atoms with Crippen molar-refractivity contribution in [3.8, 4) is 0 Å². The Morgan fingerprint density at radius 2 is 1.90 bits per heavy atom. The van der Waals surface area contributed by atoms with Gasteiger partial charge in [0.2, 0.25) is 5.91 Å². The summed E-state index contributed by atoms with van der Waals surface area (Å²) in [6, 6.07) is 6.68. The van der Waals surface area contributed by atoms with E-state index in [4.69, 9.17) is 0 Å². The van der Waals surface area contributed by atoms with Crippen LogP contribution in [0.25, 0.3) is 0 Å². The van der Waals surface area contributed by atoms with Gasteiger partial charge in [0.15, 0.2) is 0 Å². The second-order valence-corrected chi connectivity index (χ2v) is 6.15. The molecule has 0 aromatic heterocycles. The monoisotopic (exact) mass is 339 g/mol. The largest absolute Gasteiger partial charge is 0.339 e. The molecule has 0 radical (unpaired) electrons. The predicted octanol–water partition coefficient (Wildman–Crippen LogP) is 4.26. The van der Waals surface area contributed by atoms with Gasteiger partial charge in [-0.1, -0.05) is 53.5 Å². The summed E-state index contributed by atoms with van der Waals surface area (Å²) in [5, 5.41) is 0.835. The van der Waals surface area contributed by atoms with E-state index in [1.807, 2.05) is 4.90 Å². The van der Waals surface area contributed by atoms with Gasteiger partial charge in [0.05, 0.1) is 6.42 Å². The second-order valence-electron chi connectivity index (χ2n) is 5.35. The zero-order valence-electron chi connectivity index (χ0n) is 13.1. The Morgan fingerprint density at radius 3 is 2.45 bits per heavy atom. The number of carbonyl (C=O) groups is 1. The van der Waals surface area contributed by atoms with Gasteiger partial charge in [-0.05, 0) is 37.8 Å². The van der Waals surface area contributed by atoms with Crippen molar-refractivity contribution in [2.24, 2.45) is 0 Å². The molecular formula is C17H26BrNO. The molecule has 0 aliphatic carbocycles. The first kappa shape index (κ1) is 17.2. The molecule has 0 unspecified atom stereocenters. The van der Waals surface area contributed by atoms with Crippen LogP contribution in [-0.4, -0.2) is 28.7 Å². The number of nitrogens with zero attached hydrogens (tertiary/aromatic N) is 1. The maximum atomic E-state index is 12.6. The summed E-state index contributed by atoms with van der Waals surface area (Å²) in [4.78, 5) is 14.7. The van der Waals surface area contributed by atoms with Crippen LogP contribution in [0.2, 0.25) is 0 Å². The van der Waals surface area contributed by atoms with E-state index in [9.17, 15) is 4.79 Å². The van der Waals surface area contributed by atoms with Gasteiger partial charge in [-0.25, -0.2) is 0 Å². The Kier molecular flexibility index (Phi) is 7.28. The fourth-order valence-electron chi connectivity index (χ4n) is 2.59. The van der Waals surface area contributed by atoms with E-state index in [1.165, 1.54) is 11.1 Å². The molecule has 0 N–H and O–H groups in total. The van der Waals surface area contributed by atoms with E-state index in [2.05, 4.69) is 61.8 Å². The minimum absolute atomic E-state index is 0.242. The van der Waals surface area contributed by atoms with E-state index in [0.29, 0.717) is 12.5 Å². The quantitative estimate of drug-likeness (QED) is 0.679. The highest BCUT2D eigenvalue weighted by atomic mass is 79.9. The van der Waals surface area contributed by atoms with Crippen molar-refractivity contribution in [3.63, 3.8) is 0 Å². The van der Waals surface area contributed by atoms with E-state index < -0.39 is 0 Å². The zero-order chi connectivity index (χ0) is 15.1. The summed E-state index contributed by atoms with van der Waals surface area (Å²) in [5.41, 5.74) is 3.57. The molecule has 0 saturated heterocycles. The van der Waals surface area contributed by atoms with Crippen LogP contribution in [-0.2, 0) is 11.2 Å². The average molecular weight is 340 g/mol. The standard InChI is InChI=1S/C17H26BrNO/c1-5-16(6-2)19(10-9-18)17(20)12-15-11-13(3)7-8-14(15)4/h7-8,11,16H,5-6,9-10,12H2,1-4H3. The Labute approximate surface area is 131 Å². The molecule has 3 heteroatoms. The second kappa shape index (κ2) is 8.46. The van der Waals surface area contributed by atoms with Crippen LogP contribution in [0, 0.1) is 13.8 Å². The van der Waals surface area contributed by atoms with Crippen LogP contribution in [0.15, 0.2) is 18.2 Å². The summed E-state index contributed by atoms with van der Waals surface area (Å²) in [6.07, 6.45) is 2.54. The molecule has 0 spiro atoms. The summed E-state index contributed by atoms with van der Waals surface area (Å²) in [7, 11) is 0. The van der Waals surface area contributed by atoms with Crippen molar-refractivity contribution in [1.29, 1.82) is 0 Å². The molecule has 0 fully saturated rings. The molecule has 0 aliphatic heterocycles. The molecule has 0 aliphatic rings. The van der Waals surface area contributed by atoms with Crippen LogP contribution in [0.3, 0.4) is 0 Å². The zero-order valence-corrected chi connectivity index (χ0v) is 14.7. The number of halogens is 1. The Balaban J connectivity index is 2.87. The topological polar surface area (TPSA) is 20.3 Å². The molecule has 112 valence electrons. The van der Waals surface area contributed by atoms with E-state index in [-0.39, 0.29) is 5.91 Å². The number of alkyl halides is 1. The van der Waals surface area contributed by atoms with E-state index in [0.717, 1.165) is 30.3 Å². The number of hydrogen-bond acceptors (Lipinski definition) is 1. The number of benzene rings is 1. The molecule has 0 saturated carbocycles. The number of aryl methyl sites for hydroxylation is 2. The first-order valence-corrected chi connectivity index (χ1v) is 8.57. The van der Waals surface area contributed by atoms with Gasteiger partial charge in [0.25, 0.3) is 0 Å². The summed E-state index contributed by atoms with van der Waals surface area (Å²) in [6.45, 7) is 9.25. The van der Waals surface area contributed by atoms with Crippen molar-refractivity contribution in [2.45, 2.75) is 53.0 Å². The third-order valence-electron chi connectivity index (χ3n) is 3.88. The van der Waals surface area contributed by atoms with Crippen LogP contribution >= 0.6 is 15.9 Å². The fourth-order valence-corrected chi connectivity index (χ4v) is 2.97. The third-order valence-corrected chi connectivity index (χ3v) is 4.23. The lowest BCUT2D eigenvalue weighted by molar-refractivity contribution is -0.132. The SMILES string of the molecule is CCC(CC)N(CCBr)C(=O)Cc1cc(C)ccc1C. The molecule has 0 heterocycles. The van der Waals surface area contributed by atoms with Gasteiger partial charge >= 0.3 is 0 Å². The van der Waals surface area contributed by atoms with E-state index >= 15 is 0 Å². The number of amides is 1. The summed E-state index contributed by atoms with van der Waals surface area (Å²) < 4.78 is 0. The molecule has 0 atom stereocenters. The van der Waals surface area contributed by atoms with Crippen molar-refractivity contribution in [3.05, 3.63) is 34.9 Å². The summed E-state index contributed by atoms with van der Waals surface area (Å²) in [5.74, 6) is 0.242. The molecule has 20 heavy (non-hydrogen) atoms. The van der Waals surface area contributed by atoms with Crippen molar-refractivity contribution < 1.29 is 4.79 Å². The minimum Gasteiger partial charge on any atom is -0.339 e. The fraction of sp³-hybridized carbons (Fsp3) is 0.588. The molecule has 1 aromatic carbocycles. The highest BCUT2D eigenvalue weighted by Crippen LogP contribution is 2.16. The van der Waals surface area contributed by atoms with Crippen molar-refractivity contribution in [1.82, 2.24) is 4.90 Å². The van der Waals surface area contributed by atoms with Gasteiger partial charge in [0, 0.05) is 17.9 Å². The van der Waals surface area contributed by atoms with Gasteiger partial charge in [-0.2, -0.15) is 0 Å². The first-order chi connectivity index (χ1) is 9.53. The smallest absolute Gasteiger partial charge is 0.227 e.